The molecule has 0 aliphatic rings. The number of hydrogen-bond donors (Lipinski definition) is 0. The van der Waals surface area contributed by atoms with Crippen molar-refractivity contribution in [2.75, 3.05) is 20.8 Å². The highest BCUT2D eigenvalue weighted by atomic mass is 16.5. The van der Waals surface area contributed by atoms with Crippen LogP contribution in [0.25, 0.3) is 0 Å². The zero-order chi connectivity index (χ0) is 14.3. The van der Waals surface area contributed by atoms with Gasteiger partial charge in [0.25, 0.3) is 0 Å². The van der Waals surface area contributed by atoms with Crippen LogP contribution in [0, 0.1) is 5.92 Å². The maximum absolute atomic E-state index is 11.7. The molecule has 6 nitrogen and oxygen atoms in total. The Bertz CT molecular complexity index is 400. The number of rotatable bonds is 8. The molecule has 0 bridgehead atoms. The minimum absolute atomic E-state index is 0.297. The van der Waals surface area contributed by atoms with Crippen molar-refractivity contribution in [3.8, 4) is 0 Å². The van der Waals surface area contributed by atoms with Crippen LogP contribution in [-0.2, 0) is 22.4 Å². The van der Waals surface area contributed by atoms with Crippen LogP contribution in [0.3, 0.4) is 0 Å². The third-order valence-corrected chi connectivity index (χ3v) is 3.35. The number of carbonyl (C=O) groups is 1. The molecule has 0 saturated heterocycles. The topological polar surface area (TPSA) is 66.2 Å². The molecule has 0 fully saturated rings. The molecule has 0 radical (unpaired) electrons. The molecule has 1 aromatic rings. The number of methoxy groups -OCH3 is 2. The Morgan fingerprint density at radius 2 is 2.00 bits per heavy atom. The molecule has 108 valence electrons. The minimum atomic E-state index is -0.443. The van der Waals surface area contributed by atoms with Gasteiger partial charge in [-0.25, -0.2) is 9.48 Å². The van der Waals surface area contributed by atoms with Crippen LogP contribution < -0.4 is 0 Å². The molecule has 0 aliphatic carbocycles. The third kappa shape index (κ3) is 4.02. The molecule has 0 atom stereocenters. The lowest BCUT2D eigenvalue weighted by atomic mass is 10.0. The summed E-state index contributed by atoms with van der Waals surface area (Å²) in [4.78, 5) is 11.7. The van der Waals surface area contributed by atoms with E-state index in [0.717, 1.165) is 25.1 Å². The van der Waals surface area contributed by atoms with E-state index in [9.17, 15) is 4.79 Å². The van der Waals surface area contributed by atoms with Crippen LogP contribution in [0.15, 0.2) is 0 Å². The Morgan fingerprint density at radius 3 is 2.53 bits per heavy atom. The molecule has 0 aromatic carbocycles. The molecule has 0 N–H and O–H groups in total. The second kappa shape index (κ2) is 7.89. The highest BCUT2D eigenvalue weighted by molar-refractivity contribution is 5.88. The van der Waals surface area contributed by atoms with Gasteiger partial charge in [0.05, 0.1) is 19.4 Å². The zero-order valence-corrected chi connectivity index (χ0v) is 12.2. The summed E-state index contributed by atoms with van der Waals surface area (Å²) in [5.41, 5.74) is 1.09. The molecule has 0 amide bonds. The van der Waals surface area contributed by atoms with E-state index in [1.165, 1.54) is 7.11 Å². The lowest BCUT2D eigenvalue weighted by Gasteiger charge is -2.14. The highest BCUT2D eigenvalue weighted by Gasteiger charge is 2.21. The Kier molecular flexibility index (Phi) is 6.49. The number of ether oxygens (including phenoxy) is 2. The Balaban J connectivity index is 2.96. The van der Waals surface area contributed by atoms with Gasteiger partial charge in [-0.1, -0.05) is 31.9 Å². The van der Waals surface area contributed by atoms with Gasteiger partial charge in [-0.3, -0.25) is 0 Å². The summed E-state index contributed by atoms with van der Waals surface area (Å²) in [6, 6.07) is 0. The van der Waals surface area contributed by atoms with Gasteiger partial charge in [0.2, 0.25) is 0 Å². The Morgan fingerprint density at radius 1 is 1.32 bits per heavy atom. The first kappa shape index (κ1) is 15.6. The lowest BCUT2D eigenvalue weighted by molar-refractivity contribution is 0.0592. The predicted molar refractivity (Wildman–Crippen MR) is 71.0 cm³/mol. The van der Waals surface area contributed by atoms with Crippen molar-refractivity contribution in [1.29, 1.82) is 0 Å². The summed E-state index contributed by atoms with van der Waals surface area (Å²) in [6.07, 6.45) is 2.76. The largest absolute Gasteiger partial charge is 0.464 e. The number of esters is 1. The van der Waals surface area contributed by atoms with Gasteiger partial charge < -0.3 is 9.47 Å². The lowest BCUT2D eigenvalue weighted by Crippen LogP contribution is -2.16. The maximum atomic E-state index is 11.7. The quantitative estimate of drug-likeness (QED) is 0.672. The summed E-state index contributed by atoms with van der Waals surface area (Å²) < 4.78 is 11.6. The van der Waals surface area contributed by atoms with Gasteiger partial charge in [-0.2, -0.15) is 0 Å². The normalized spacial score (nSPS) is 11.0. The van der Waals surface area contributed by atoms with Crippen molar-refractivity contribution in [1.82, 2.24) is 15.0 Å². The second-order valence-corrected chi connectivity index (χ2v) is 4.48. The van der Waals surface area contributed by atoms with Crippen LogP contribution in [0.5, 0.6) is 0 Å². The van der Waals surface area contributed by atoms with E-state index in [1.807, 2.05) is 4.68 Å². The van der Waals surface area contributed by atoms with Crippen LogP contribution in [0.4, 0.5) is 0 Å². The van der Waals surface area contributed by atoms with E-state index in [1.54, 1.807) is 7.11 Å². The number of carbonyl (C=O) groups excluding carboxylic acids is 1. The fourth-order valence-corrected chi connectivity index (χ4v) is 1.97. The van der Waals surface area contributed by atoms with Gasteiger partial charge in [0.1, 0.15) is 0 Å². The number of hydrogen-bond acceptors (Lipinski definition) is 5. The van der Waals surface area contributed by atoms with Gasteiger partial charge >= 0.3 is 5.97 Å². The number of nitrogens with zero attached hydrogens (tertiary/aromatic N) is 3. The van der Waals surface area contributed by atoms with Crippen LogP contribution in [0.2, 0.25) is 0 Å². The van der Waals surface area contributed by atoms with Crippen LogP contribution in [0.1, 0.15) is 42.9 Å². The van der Waals surface area contributed by atoms with E-state index in [4.69, 9.17) is 9.47 Å². The van der Waals surface area contributed by atoms with Crippen molar-refractivity contribution in [3.05, 3.63) is 11.4 Å². The van der Waals surface area contributed by atoms with Crippen molar-refractivity contribution in [3.63, 3.8) is 0 Å². The first-order valence-corrected chi connectivity index (χ1v) is 6.67. The molecule has 0 spiro atoms. The summed E-state index contributed by atoms with van der Waals surface area (Å²) >= 11 is 0. The van der Waals surface area contributed by atoms with E-state index in [-0.39, 0.29) is 0 Å². The number of aromatic nitrogens is 3. The molecule has 1 rings (SSSR count). The van der Waals surface area contributed by atoms with Gasteiger partial charge in [-0.15, -0.1) is 5.10 Å². The Hall–Kier alpha value is -1.43. The molecule has 0 aliphatic heterocycles. The van der Waals surface area contributed by atoms with E-state index in [0.29, 0.717) is 24.6 Å². The third-order valence-electron chi connectivity index (χ3n) is 3.35. The predicted octanol–water partition coefficient (Wildman–Crippen LogP) is 1.69. The minimum Gasteiger partial charge on any atom is -0.464 e. The molecular weight excluding hydrogens is 246 g/mol. The molecule has 1 heterocycles. The molecular formula is C13H23N3O3. The fraction of sp³-hybridized carbons (Fsp3) is 0.769. The maximum Gasteiger partial charge on any atom is 0.360 e. The van der Waals surface area contributed by atoms with E-state index in [2.05, 4.69) is 24.2 Å². The smallest absolute Gasteiger partial charge is 0.360 e. The summed E-state index contributed by atoms with van der Waals surface area (Å²) in [6.45, 7) is 5.61. The van der Waals surface area contributed by atoms with Crippen molar-refractivity contribution in [2.45, 2.75) is 39.7 Å². The first-order chi connectivity index (χ1) is 9.17. The average Bonchev–Trinajstić information content (AvgIpc) is 2.84. The van der Waals surface area contributed by atoms with Gasteiger partial charge in [-0.05, 0) is 5.92 Å². The second-order valence-electron chi connectivity index (χ2n) is 4.48. The van der Waals surface area contributed by atoms with Crippen molar-refractivity contribution >= 4 is 5.97 Å². The fourth-order valence-electron chi connectivity index (χ4n) is 1.97. The Labute approximate surface area is 114 Å². The standard InChI is InChI=1S/C13H23N3O3/c1-5-10(6-2)9-16-11(7-8-18-3)12(14-15-16)13(17)19-4/h10H,5-9H2,1-4H3. The molecule has 1 aromatic heterocycles. The van der Waals surface area contributed by atoms with Crippen LogP contribution in [-0.4, -0.2) is 41.8 Å². The molecule has 6 heteroatoms. The van der Waals surface area contributed by atoms with E-state index >= 15 is 0 Å². The molecule has 19 heavy (non-hydrogen) atoms. The summed E-state index contributed by atoms with van der Waals surface area (Å²) in [5, 5.41) is 8.03. The SMILES string of the molecule is CCC(CC)Cn1nnc(C(=O)OC)c1CCOC. The monoisotopic (exact) mass is 269 g/mol. The first-order valence-electron chi connectivity index (χ1n) is 6.67. The van der Waals surface area contributed by atoms with Crippen LogP contribution >= 0.6 is 0 Å². The van der Waals surface area contributed by atoms with Gasteiger partial charge in [0.15, 0.2) is 5.69 Å². The highest BCUT2D eigenvalue weighted by Crippen LogP contribution is 2.15. The van der Waals surface area contributed by atoms with E-state index < -0.39 is 5.97 Å². The van der Waals surface area contributed by atoms with Gasteiger partial charge in [0, 0.05) is 20.1 Å². The molecule has 0 saturated carbocycles. The van der Waals surface area contributed by atoms with Crippen molar-refractivity contribution in [2.24, 2.45) is 5.92 Å². The molecule has 0 unspecified atom stereocenters. The average molecular weight is 269 g/mol. The summed E-state index contributed by atoms with van der Waals surface area (Å²) in [5.74, 6) is 0.0930. The zero-order valence-electron chi connectivity index (χ0n) is 12.2. The van der Waals surface area contributed by atoms with Crippen molar-refractivity contribution < 1.29 is 14.3 Å². The summed E-state index contributed by atoms with van der Waals surface area (Å²) in [7, 11) is 2.98.